The number of likely N-dealkylation sites (tertiary alicyclic amines) is 1. The molecule has 2 rings (SSSR count). The number of aromatic nitrogens is 2. The van der Waals surface area contributed by atoms with Gasteiger partial charge < -0.3 is 10.2 Å². The Balaban J connectivity index is 2.10. The Morgan fingerprint density at radius 3 is 2.61 bits per heavy atom. The highest BCUT2D eigenvalue weighted by Crippen LogP contribution is 2.15. The third kappa shape index (κ3) is 2.67. The Morgan fingerprint density at radius 2 is 2.00 bits per heavy atom. The molecule has 0 aromatic carbocycles. The molecule has 1 aromatic rings. The highest BCUT2D eigenvalue weighted by molar-refractivity contribution is 5.95. The number of hydrogen-bond acceptors (Lipinski definition) is 4. The molecule has 5 heteroatoms. The van der Waals surface area contributed by atoms with Gasteiger partial charge >= 0.3 is 0 Å². The van der Waals surface area contributed by atoms with Gasteiger partial charge in [-0.05, 0) is 39.8 Å². The zero-order valence-corrected chi connectivity index (χ0v) is 11.2. The van der Waals surface area contributed by atoms with Crippen LogP contribution in [0.25, 0.3) is 0 Å². The molecule has 0 aliphatic carbocycles. The first-order valence-corrected chi connectivity index (χ1v) is 6.39. The van der Waals surface area contributed by atoms with E-state index in [2.05, 4.69) is 15.5 Å². The first-order valence-electron chi connectivity index (χ1n) is 6.39. The summed E-state index contributed by atoms with van der Waals surface area (Å²) in [7, 11) is 1.97. The molecular weight excluding hydrogens is 228 g/mol. The topological polar surface area (TPSA) is 58.1 Å². The SMILES string of the molecule is CNC1CCN(C(=O)c2cc(C)nnc2C)CC1. The third-order valence-corrected chi connectivity index (χ3v) is 3.52. The molecule has 0 saturated carbocycles. The summed E-state index contributed by atoms with van der Waals surface area (Å²) >= 11 is 0. The highest BCUT2D eigenvalue weighted by atomic mass is 16.2. The van der Waals surface area contributed by atoms with Crippen LogP contribution in [0.4, 0.5) is 0 Å². The summed E-state index contributed by atoms with van der Waals surface area (Å²) in [6.07, 6.45) is 2.03. The number of rotatable bonds is 2. The lowest BCUT2D eigenvalue weighted by Gasteiger charge is -2.32. The van der Waals surface area contributed by atoms with E-state index < -0.39 is 0 Å². The monoisotopic (exact) mass is 248 g/mol. The fraction of sp³-hybridized carbons (Fsp3) is 0.615. The summed E-state index contributed by atoms with van der Waals surface area (Å²) in [4.78, 5) is 14.3. The molecule has 1 aromatic heterocycles. The quantitative estimate of drug-likeness (QED) is 0.845. The first kappa shape index (κ1) is 13.0. The van der Waals surface area contributed by atoms with E-state index >= 15 is 0 Å². The van der Waals surface area contributed by atoms with Gasteiger partial charge in [-0.1, -0.05) is 0 Å². The number of aryl methyl sites for hydroxylation is 2. The minimum absolute atomic E-state index is 0.0834. The predicted octanol–water partition coefficient (Wildman–Crippen LogP) is 0.917. The molecule has 1 saturated heterocycles. The maximum Gasteiger partial charge on any atom is 0.255 e. The molecule has 1 amide bonds. The van der Waals surface area contributed by atoms with Crippen molar-refractivity contribution in [2.45, 2.75) is 32.7 Å². The number of hydrogen-bond donors (Lipinski definition) is 1. The zero-order chi connectivity index (χ0) is 13.1. The second-order valence-electron chi connectivity index (χ2n) is 4.84. The van der Waals surface area contributed by atoms with Crippen LogP contribution in [0.1, 0.15) is 34.6 Å². The number of piperidine rings is 1. The van der Waals surface area contributed by atoms with E-state index in [1.165, 1.54) is 0 Å². The van der Waals surface area contributed by atoms with E-state index in [1.807, 2.05) is 31.9 Å². The smallest absolute Gasteiger partial charge is 0.255 e. The van der Waals surface area contributed by atoms with Crippen molar-refractivity contribution in [1.82, 2.24) is 20.4 Å². The third-order valence-electron chi connectivity index (χ3n) is 3.52. The molecule has 18 heavy (non-hydrogen) atoms. The first-order chi connectivity index (χ1) is 8.61. The van der Waals surface area contributed by atoms with Gasteiger partial charge in [-0.25, -0.2) is 0 Å². The van der Waals surface area contributed by atoms with Crippen LogP contribution in [0.15, 0.2) is 6.07 Å². The highest BCUT2D eigenvalue weighted by Gasteiger charge is 2.24. The molecule has 1 aliphatic rings. The Kier molecular flexibility index (Phi) is 3.91. The van der Waals surface area contributed by atoms with Gasteiger partial charge in [-0.2, -0.15) is 10.2 Å². The van der Waals surface area contributed by atoms with Crippen molar-refractivity contribution in [2.24, 2.45) is 0 Å². The van der Waals surface area contributed by atoms with Crippen molar-refractivity contribution in [1.29, 1.82) is 0 Å². The molecule has 98 valence electrons. The van der Waals surface area contributed by atoms with Crippen LogP contribution in [0.3, 0.4) is 0 Å². The van der Waals surface area contributed by atoms with Gasteiger partial charge in [-0.3, -0.25) is 4.79 Å². The Bertz CT molecular complexity index is 439. The van der Waals surface area contributed by atoms with E-state index in [9.17, 15) is 4.79 Å². The average Bonchev–Trinajstić information content (AvgIpc) is 2.41. The summed E-state index contributed by atoms with van der Waals surface area (Å²) in [6, 6.07) is 2.36. The Hall–Kier alpha value is -1.49. The van der Waals surface area contributed by atoms with Crippen molar-refractivity contribution in [3.05, 3.63) is 23.0 Å². The molecule has 5 nitrogen and oxygen atoms in total. The van der Waals surface area contributed by atoms with Gasteiger partial charge in [-0.15, -0.1) is 0 Å². The lowest BCUT2D eigenvalue weighted by Crippen LogP contribution is -2.44. The molecule has 0 bridgehead atoms. The Labute approximate surface area is 108 Å². The zero-order valence-electron chi connectivity index (χ0n) is 11.2. The van der Waals surface area contributed by atoms with Gasteiger partial charge in [0.15, 0.2) is 0 Å². The summed E-state index contributed by atoms with van der Waals surface area (Å²) in [5.74, 6) is 0.0834. The normalized spacial score (nSPS) is 16.9. The van der Waals surface area contributed by atoms with Crippen LogP contribution >= 0.6 is 0 Å². The molecule has 0 radical (unpaired) electrons. The van der Waals surface area contributed by atoms with Gasteiger partial charge in [0.25, 0.3) is 5.91 Å². The molecule has 0 spiro atoms. The van der Waals surface area contributed by atoms with Crippen molar-refractivity contribution in [3.8, 4) is 0 Å². The number of carbonyl (C=O) groups is 1. The van der Waals surface area contributed by atoms with Crippen LogP contribution in [0.5, 0.6) is 0 Å². The molecule has 1 fully saturated rings. The fourth-order valence-corrected chi connectivity index (χ4v) is 2.31. The molecular formula is C13H20N4O. The Morgan fingerprint density at radius 1 is 1.33 bits per heavy atom. The number of nitrogens with zero attached hydrogens (tertiary/aromatic N) is 3. The van der Waals surface area contributed by atoms with Gasteiger partial charge in [0.05, 0.1) is 17.0 Å². The van der Waals surface area contributed by atoms with E-state index in [-0.39, 0.29) is 5.91 Å². The summed E-state index contributed by atoms with van der Waals surface area (Å²) in [5.41, 5.74) is 2.18. The van der Waals surface area contributed by atoms with Crippen molar-refractivity contribution in [2.75, 3.05) is 20.1 Å². The summed E-state index contributed by atoms with van der Waals surface area (Å²) < 4.78 is 0. The second-order valence-corrected chi connectivity index (χ2v) is 4.84. The van der Waals surface area contributed by atoms with Crippen LogP contribution in [-0.4, -0.2) is 47.2 Å². The standard InChI is InChI=1S/C13H20N4O/c1-9-8-12(10(2)16-15-9)13(18)17-6-4-11(14-3)5-7-17/h8,11,14H,4-7H2,1-3H3. The number of amides is 1. The molecule has 0 atom stereocenters. The van der Waals surface area contributed by atoms with Crippen LogP contribution in [0.2, 0.25) is 0 Å². The summed E-state index contributed by atoms with van der Waals surface area (Å²) in [6.45, 7) is 5.31. The minimum Gasteiger partial charge on any atom is -0.338 e. The van der Waals surface area contributed by atoms with Gasteiger partial charge in [0.2, 0.25) is 0 Å². The summed E-state index contributed by atoms with van der Waals surface area (Å²) in [5, 5.41) is 11.2. The minimum atomic E-state index is 0.0834. The van der Waals surface area contributed by atoms with Crippen LogP contribution in [0, 0.1) is 13.8 Å². The maximum absolute atomic E-state index is 12.4. The van der Waals surface area contributed by atoms with Crippen LogP contribution in [-0.2, 0) is 0 Å². The fourth-order valence-electron chi connectivity index (χ4n) is 2.31. The van der Waals surface area contributed by atoms with E-state index in [1.54, 1.807) is 0 Å². The lowest BCUT2D eigenvalue weighted by molar-refractivity contribution is 0.0705. The van der Waals surface area contributed by atoms with E-state index in [4.69, 9.17) is 0 Å². The number of carbonyl (C=O) groups excluding carboxylic acids is 1. The second kappa shape index (κ2) is 5.44. The predicted molar refractivity (Wildman–Crippen MR) is 69.5 cm³/mol. The van der Waals surface area contributed by atoms with Crippen molar-refractivity contribution >= 4 is 5.91 Å². The largest absolute Gasteiger partial charge is 0.338 e. The van der Waals surface area contributed by atoms with Crippen molar-refractivity contribution < 1.29 is 4.79 Å². The van der Waals surface area contributed by atoms with Gasteiger partial charge in [0, 0.05) is 19.1 Å². The van der Waals surface area contributed by atoms with Crippen molar-refractivity contribution in [3.63, 3.8) is 0 Å². The molecule has 0 unspecified atom stereocenters. The average molecular weight is 248 g/mol. The maximum atomic E-state index is 12.4. The lowest BCUT2D eigenvalue weighted by atomic mass is 10.0. The van der Waals surface area contributed by atoms with E-state index in [0.717, 1.165) is 31.6 Å². The molecule has 1 N–H and O–H groups in total. The van der Waals surface area contributed by atoms with Gasteiger partial charge in [0.1, 0.15) is 0 Å². The number of nitrogens with one attached hydrogen (secondary N) is 1. The van der Waals surface area contributed by atoms with E-state index in [0.29, 0.717) is 17.3 Å². The van der Waals surface area contributed by atoms with Crippen LogP contribution < -0.4 is 5.32 Å². The molecule has 2 heterocycles. The molecule has 1 aliphatic heterocycles.